The van der Waals surface area contributed by atoms with Crippen LogP contribution in [-0.4, -0.2) is 37.9 Å². The van der Waals surface area contributed by atoms with Gasteiger partial charge in [0.15, 0.2) is 0 Å². The third-order valence-electron chi connectivity index (χ3n) is 2.58. The van der Waals surface area contributed by atoms with Gasteiger partial charge in [-0.2, -0.15) is 13.2 Å². The van der Waals surface area contributed by atoms with E-state index >= 15 is 0 Å². The smallest absolute Gasteiger partial charge is 0.372 e. The number of primary amides is 1. The van der Waals surface area contributed by atoms with Gasteiger partial charge in [-0.3, -0.25) is 4.79 Å². The highest BCUT2D eigenvalue weighted by atomic mass is 19.4. The van der Waals surface area contributed by atoms with Gasteiger partial charge in [0.05, 0.1) is 5.54 Å². The fraction of sp³-hybridized carbons (Fsp3) is 0.900. The molecule has 0 saturated heterocycles. The van der Waals surface area contributed by atoms with Crippen LogP contribution in [0.4, 0.5) is 13.2 Å². The van der Waals surface area contributed by atoms with Crippen molar-refractivity contribution in [2.45, 2.75) is 37.9 Å². The van der Waals surface area contributed by atoms with E-state index in [1.807, 2.05) is 0 Å². The van der Waals surface area contributed by atoms with Crippen molar-refractivity contribution in [1.82, 2.24) is 5.32 Å². The Morgan fingerprint density at radius 2 is 1.94 bits per heavy atom. The maximum Gasteiger partial charge on any atom is 0.411 e. The van der Waals surface area contributed by atoms with Crippen LogP contribution in [0.5, 0.6) is 0 Å². The minimum absolute atomic E-state index is 0.0259. The first-order valence-electron chi connectivity index (χ1n) is 5.34. The number of unbranched alkanes of at least 4 members (excludes halogenated alkanes) is 1. The molecule has 1 amide bonds. The second-order valence-corrected chi connectivity index (χ2v) is 4.07. The first-order chi connectivity index (χ1) is 7.71. The number of carbonyl (C=O) groups is 1. The SMILES string of the molecule is CNC(C)(CCCCOCC(F)(F)F)C(N)=O. The molecule has 0 fully saturated rings. The minimum atomic E-state index is -4.29. The van der Waals surface area contributed by atoms with Crippen LogP contribution in [0.3, 0.4) is 0 Å². The number of halogens is 3. The number of hydrogen-bond donors (Lipinski definition) is 2. The van der Waals surface area contributed by atoms with E-state index in [-0.39, 0.29) is 6.61 Å². The van der Waals surface area contributed by atoms with E-state index in [2.05, 4.69) is 10.1 Å². The summed E-state index contributed by atoms with van der Waals surface area (Å²) in [6, 6.07) is 0. The molecule has 3 N–H and O–H groups in total. The van der Waals surface area contributed by atoms with Crippen LogP contribution in [0.25, 0.3) is 0 Å². The van der Waals surface area contributed by atoms with Gasteiger partial charge in [0.25, 0.3) is 0 Å². The van der Waals surface area contributed by atoms with Gasteiger partial charge in [-0.1, -0.05) is 0 Å². The van der Waals surface area contributed by atoms with E-state index in [1.54, 1.807) is 14.0 Å². The molecule has 7 heteroatoms. The number of alkyl halides is 3. The van der Waals surface area contributed by atoms with Crippen molar-refractivity contribution < 1.29 is 22.7 Å². The number of nitrogens with two attached hydrogens (primary N) is 1. The molecule has 17 heavy (non-hydrogen) atoms. The molecule has 0 aromatic heterocycles. The molecule has 0 bridgehead atoms. The van der Waals surface area contributed by atoms with E-state index in [0.717, 1.165) is 0 Å². The Balaban J connectivity index is 3.67. The van der Waals surface area contributed by atoms with Gasteiger partial charge >= 0.3 is 6.18 Å². The van der Waals surface area contributed by atoms with Crippen LogP contribution >= 0.6 is 0 Å². The molecular weight excluding hydrogens is 237 g/mol. The Hall–Kier alpha value is -0.820. The van der Waals surface area contributed by atoms with E-state index in [1.165, 1.54) is 0 Å². The molecule has 0 aliphatic carbocycles. The first kappa shape index (κ1) is 16.2. The molecule has 1 unspecified atom stereocenters. The lowest BCUT2D eigenvalue weighted by molar-refractivity contribution is -0.174. The topological polar surface area (TPSA) is 64.3 Å². The van der Waals surface area contributed by atoms with Crippen LogP contribution in [-0.2, 0) is 9.53 Å². The number of hydrogen-bond acceptors (Lipinski definition) is 3. The lowest BCUT2D eigenvalue weighted by atomic mass is 9.94. The van der Waals surface area contributed by atoms with Gasteiger partial charge in [0.2, 0.25) is 5.91 Å². The van der Waals surface area contributed by atoms with Gasteiger partial charge < -0.3 is 15.8 Å². The molecule has 0 aliphatic rings. The zero-order chi connectivity index (χ0) is 13.5. The van der Waals surface area contributed by atoms with Crippen LogP contribution in [0, 0.1) is 0 Å². The summed E-state index contributed by atoms with van der Waals surface area (Å²) in [7, 11) is 1.62. The molecule has 0 spiro atoms. The van der Waals surface area contributed by atoms with E-state index < -0.39 is 24.2 Å². The number of ether oxygens (including phenoxy) is 1. The molecular formula is C10H19F3N2O2. The third kappa shape index (κ3) is 7.17. The standard InChI is InChI=1S/C10H19F3N2O2/c1-9(15-2,8(14)16)5-3-4-6-17-7-10(11,12)13/h15H,3-7H2,1-2H3,(H2,14,16). The van der Waals surface area contributed by atoms with Crippen molar-refractivity contribution in [3.05, 3.63) is 0 Å². The second-order valence-electron chi connectivity index (χ2n) is 4.07. The molecule has 0 aliphatic heterocycles. The predicted octanol–water partition coefficient (Wildman–Crippen LogP) is 1.20. The molecule has 0 aromatic rings. The predicted molar refractivity (Wildman–Crippen MR) is 57.4 cm³/mol. The molecule has 0 aromatic carbocycles. The van der Waals surface area contributed by atoms with Gasteiger partial charge in [-0.15, -0.1) is 0 Å². The fourth-order valence-electron chi connectivity index (χ4n) is 1.24. The number of amides is 1. The quantitative estimate of drug-likeness (QED) is 0.641. The summed E-state index contributed by atoms with van der Waals surface area (Å²) in [4.78, 5) is 11.1. The molecule has 0 saturated carbocycles. The summed E-state index contributed by atoms with van der Waals surface area (Å²) in [6.07, 6.45) is -2.79. The highest BCUT2D eigenvalue weighted by molar-refractivity contribution is 5.84. The van der Waals surface area contributed by atoms with Crippen molar-refractivity contribution >= 4 is 5.91 Å². The summed E-state index contributed by atoms with van der Waals surface area (Å²) >= 11 is 0. The van der Waals surface area contributed by atoms with Crippen LogP contribution in [0.15, 0.2) is 0 Å². The molecule has 1 atom stereocenters. The third-order valence-corrected chi connectivity index (χ3v) is 2.58. The van der Waals surface area contributed by atoms with Crippen molar-refractivity contribution in [3.63, 3.8) is 0 Å². The summed E-state index contributed by atoms with van der Waals surface area (Å²) in [5, 5.41) is 2.80. The monoisotopic (exact) mass is 256 g/mol. The second kappa shape index (κ2) is 6.80. The zero-order valence-corrected chi connectivity index (χ0v) is 10.1. The lowest BCUT2D eigenvalue weighted by Crippen LogP contribution is -2.51. The minimum Gasteiger partial charge on any atom is -0.372 e. The Kier molecular flexibility index (Phi) is 6.48. The van der Waals surface area contributed by atoms with Crippen LogP contribution in [0.2, 0.25) is 0 Å². The maximum absolute atomic E-state index is 11.7. The summed E-state index contributed by atoms with van der Waals surface area (Å²) in [5.74, 6) is -0.476. The molecule has 0 heterocycles. The normalized spacial score (nSPS) is 15.6. The molecule has 0 rings (SSSR count). The van der Waals surface area contributed by atoms with Crippen molar-refractivity contribution in [2.24, 2.45) is 5.73 Å². The Bertz CT molecular complexity index is 246. The molecule has 4 nitrogen and oxygen atoms in total. The number of likely N-dealkylation sites (N-methyl/N-ethyl adjacent to an activating group) is 1. The number of carbonyl (C=O) groups excluding carboxylic acids is 1. The van der Waals surface area contributed by atoms with Crippen molar-refractivity contribution in [2.75, 3.05) is 20.3 Å². The van der Waals surface area contributed by atoms with Crippen LogP contribution < -0.4 is 11.1 Å². The van der Waals surface area contributed by atoms with E-state index in [0.29, 0.717) is 19.3 Å². The zero-order valence-electron chi connectivity index (χ0n) is 10.1. The van der Waals surface area contributed by atoms with Gasteiger partial charge in [-0.05, 0) is 33.2 Å². The Morgan fingerprint density at radius 3 is 2.35 bits per heavy atom. The molecule has 102 valence electrons. The van der Waals surface area contributed by atoms with Crippen molar-refractivity contribution in [1.29, 1.82) is 0 Å². The van der Waals surface area contributed by atoms with Crippen LogP contribution in [0.1, 0.15) is 26.2 Å². The lowest BCUT2D eigenvalue weighted by Gasteiger charge is -2.25. The Morgan fingerprint density at radius 1 is 1.35 bits per heavy atom. The number of rotatable bonds is 8. The summed E-state index contributed by atoms with van der Waals surface area (Å²) in [5.41, 5.74) is 4.38. The highest BCUT2D eigenvalue weighted by Gasteiger charge is 2.29. The van der Waals surface area contributed by atoms with E-state index in [9.17, 15) is 18.0 Å². The fourth-order valence-corrected chi connectivity index (χ4v) is 1.24. The van der Waals surface area contributed by atoms with Gasteiger partial charge in [0.1, 0.15) is 6.61 Å². The summed E-state index contributed by atoms with van der Waals surface area (Å²) in [6.45, 7) is 0.454. The summed E-state index contributed by atoms with van der Waals surface area (Å²) < 4.78 is 39.6. The molecule has 0 radical (unpaired) electrons. The highest BCUT2D eigenvalue weighted by Crippen LogP contribution is 2.16. The number of nitrogens with one attached hydrogen (secondary N) is 1. The maximum atomic E-state index is 11.7. The average molecular weight is 256 g/mol. The van der Waals surface area contributed by atoms with Crippen molar-refractivity contribution in [3.8, 4) is 0 Å². The van der Waals surface area contributed by atoms with Gasteiger partial charge in [-0.25, -0.2) is 0 Å². The largest absolute Gasteiger partial charge is 0.411 e. The first-order valence-corrected chi connectivity index (χ1v) is 5.34. The van der Waals surface area contributed by atoms with E-state index in [4.69, 9.17) is 5.73 Å². The Labute approximate surface area is 98.7 Å². The average Bonchev–Trinajstić information content (AvgIpc) is 2.21. The van der Waals surface area contributed by atoms with Gasteiger partial charge in [0, 0.05) is 6.61 Å².